The topological polar surface area (TPSA) is 20.3 Å². The fraction of sp³-hybridized carbons (Fsp3) is 0.111. The average Bonchev–Trinajstić information content (AvgIpc) is 2.84. The highest BCUT2D eigenvalue weighted by molar-refractivity contribution is 8.26. The van der Waals surface area contributed by atoms with E-state index in [1.54, 1.807) is 29.2 Å². The van der Waals surface area contributed by atoms with Gasteiger partial charge in [0.1, 0.15) is 4.32 Å². The van der Waals surface area contributed by atoms with Crippen LogP contribution in [0.4, 0.5) is 0 Å². The summed E-state index contributed by atoms with van der Waals surface area (Å²) < 4.78 is 0.549. The second-order valence-electron chi connectivity index (χ2n) is 5.30. The van der Waals surface area contributed by atoms with Crippen molar-refractivity contribution in [3.8, 4) is 0 Å². The van der Waals surface area contributed by atoms with Crippen molar-refractivity contribution in [2.75, 3.05) is 0 Å². The van der Waals surface area contributed by atoms with E-state index in [9.17, 15) is 4.79 Å². The summed E-state index contributed by atoms with van der Waals surface area (Å²) in [6.07, 6.45) is 1.76. The van der Waals surface area contributed by atoms with Crippen LogP contribution in [0.5, 0.6) is 0 Å². The van der Waals surface area contributed by atoms with E-state index in [-0.39, 0.29) is 11.9 Å². The Labute approximate surface area is 160 Å². The van der Waals surface area contributed by atoms with E-state index in [0.29, 0.717) is 19.3 Å². The quantitative estimate of drug-likeness (QED) is 0.474. The molecule has 1 unspecified atom stereocenters. The molecule has 6 heteroatoms. The number of hydrogen-bond acceptors (Lipinski definition) is 3. The van der Waals surface area contributed by atoms with Gasteiger partial charge in [-0.15, -0.1) is 0 Å². The molecule has 1 heterocycles. The number of rotatable bonds is 3. The molecule has 3 rings (SSSR count). The lowest BCUT2D eigenvalue weighted by atomic mass is 10.1. The van der Waals surface area contributed by atoms with Crippen LogP contribution < -0.4 is 0 Å². The predicted octanol–water partition coefficient (Wildman–Crippen LogP) is 5.96. The SMILES string of the molecule is CC(c1ccccc1)N1C(=O)/C(=C\c2ccc(Cl)cc2Cl)SC1=S. The fourth-order valence-electron chi connectivity index (χ4n) is 2.45. The zero-order valence-electron chi connectivity index (χ0n) is 12.7. The maximum absolute atomic E-state index is 12.8. The van der Waals surface area contributed by atoms with E-state index in [4.69, 9.17) is 35.4 Å². The smallest absolute Gasteiger partial charge is 0.266 e. The molecule has 0 bridgehead atoms. The van der Waals surface area contributed by atoms with Crippen molar-refractivity contribution in [3.05, 3.63) is 74.6 Å². The van der Waals surface area contributed by atoms with E-state index >= 15 is 0 Å². The summed E-state index contributed by atoms with van der Waals surface area (Å²) in [7, 11) is 0. The molecule has 1 atom stereocenters. The maximum atomic E-state index is 12.8. The first-order chi connectivity index (χ1) is 11.5. The first-order valence-corrected chi connectivity index (χ1v) is 9.22. The second-order valence-corrected chi connectivity index (χ2v) is 7.82. The molecule has 1 aliphatic rings. The zero-order chi connectivity index (χ0) is 17.3. The van der Waals surface area contributed by atoms with E-state index in [1.165, 1.54) is 11.8 Å². The van der Waals surface area contributed by atoms with Crippen LogP contribution in [-0.2, 0) is 4.79 Å². The fourth-order valence-corrected chi connectivity index (χ4v) is 4.33. The van der Waals surface area contributed by atoms with Crippen LogP contribution in [0.3, 0.4) is 0 Å². The van der Waals surface area contributed by atoms with E-state index in [2.05, 4.69) is 0 Å². The lowest BCUT2D eigenvalue weighted by Crippen LogP contribution is -2.30. The van der Waals surface area contributed by atoms with Crippen molar-refractivity contribution in [2.45, 2.75) is 13.0 Å². The van der Waals surface area contributed by atoms with Gasteiger partial charge in [0.2, 0.25) is 0 Å². The Bertz CT molecular complexity index is 836. The van der Waals surface area contributed by atoms with Crippen molar-refractivity contribution in [1.82, 2.24) is 4.90 Å². The minimum absolute atomic E-state index is 0.104. The summed E-state index contributed by atoms with van der Waals surface area (Å²) in [6, 6.07) is 14.9. The van der Waals surface area contributed by atoms with Gasteiger partial charge in [-0.3, -0.25) is 9.69 Å². The molecular formula is C18H13Cl2NOS2. The Morgan fingerprint density at radius 2 is 1.88 bits per heavy atom. The molecule has 0 N–H and O–H groups in total. The summed E-state index contributed by atoms with van der Waals surface area (Å²) in [6.45, 7) is 1.97. The van der Waals surface area contributed by atoms with Crippen LogP contribution >= 0.6 is 47.2 Å². The highest BCUT2D eigenvalue weighted by Gasteiger charge is 2.35. The Morgan fingerprint density at radius 1 is 1.17 bits per heavy atom. The number of carbonyl (C=O) groups is 1. The lowest BCUT2D eigenvalue weighted by molar-refractivity contribution is -0.123. The van der Waals surface area contributed by atoms with Gasteiger partial charge in [0.25, 0.3) is 5.91 Å². The summed E-state index contributed by atoms with van der Waals surface area (Å²) in [5.41, 5.74) is 1.79. The van der Waals surface area contributed by atoms with Gasteiger partial charge in [-0.05, 0) is 36.3 Å². The number of hydrogen-bond donors (Lipinski definition) is 0. The van der Waals surface area contributed by atoms with Crippen molar-refractivity contribution >= 4 is 63.5 Å². The molecule has 24 heavy (non-hydrogen) atoms. The molecule has 0 aliphatic carbocycles. The number of halogens is 2. The minimum Gasteiger partial charge on any atom is -0.286 e. The number of benzene rings is 2. The lowest BCUT2D eigenvalue weighted by Gasteiger charge is -2.23. The van der Waals surface area contributed by atoms with Crippen molar-refractivity contribution in [1.29, 1.82) is 0 Å². The summed E-state index contributed by atoms with van der Waals surface area (Å²) in [4.78, 5) is 15.0. The third-order valence-electron chi connectivity index (χ3n) is 3.74. The molecule has 0 saturated carbocycles. The monoisotopic (exact) mass is 393 g/mol. The van der Waals surface area contributed by atoms with Crippen LogP contribution in [0, 0.1) is 0 Å². The van der Waals surface area contributed by atoms with Crippen LogP contribution in [0.1, 0.15) is 24.1 Å². The molecule has 2 aromatic rings. The Balaban J connectivity index is 1.90. The largest absolute Gasteiger partial charge is 0.286 e. The molecule has 1 fully saturated rings. The number of amides is 1. The molecule has 1 saturated heterocycles. The van der Waals surface area contributed by atoms with Crippen LogP contribution in [0.2, 0.25) is 10.0 Å². The van der Waals surface area contributed by atoms with E-state index in [1.807, 2.05) is 37.3 Å². The summed E-state index contributed by atoms with van der Waals surface area (Å²) in [5, 5.41) is 1.06. The van der Waals surface area contributed by atoms with Gasteiger partial charge in [-0.2, -0.15) is 0 Å². The number of carbonyl (C=O) groups excluding carboxylic acids is 1. The Kier molecular flexibility index (Phi) is 5.30. The third kappa shape index (κ3) is 3.52. The normalized spacial score (nSPS) is 17.6. The van der Waals surface area contributed by atoms with Gasteiger partial charge in [0, 0.05) is 10.0 Å². The van der Waals surface area contributed by atoms with E-state index in [0.717, 1.165) is 11.1 Å². The van der Waals surface area contributed by atoms with Gasteiger partial charge < -0.3 is 0 Å². The second kappa shape index (κ2) is 7.28. The Morgan fingerprint density at radius 3 is 2.54 bits per heavy atom. The zero-order valence-corrected chi connectivity index (χ0v) is 15.8. The molecule has 1 aliphatic heterocycles. The summed E-state index contributed by atoms with van der Waals surface area (Å²) in [5.74, 6) is -0.104. The molecule has 0 aromatic heterocycles. The number of thioether (sulfide) groups is 1. The standard InChI is InChI=1S/C18H13Cl2NOS2/c1-11(12-5-3-2-4-6-12)21-17(22)16(24-18(21)23)9-13-7-8-14(19)10-15(13)20/h2-11H,1H3/b16-9+. The number of nitrogens with zero attached hydrogens (tertiary/aromatic N) is 1. The Hall–Kier alpha value is -1.33. The third-order valence-corrected chi connectivity index (χ3v) is 5.63. The predicted molar refractivity (Wildman–Crippen MR) is 106 cm³/mol. The van der Waals surface area contributed by atoms with Gasteiger partial charge in [-0.25, -0.2) is 0 Å². The van der Waals surface area contributed by atoms with Crippen molar-refractivity contribution < 1.29 is 4.79 Å². The minimum atomic E-state index is -0.120. The number of thiocarbonyl (C=S) groups is 1. The molecule has 2 nitrogen and oxygen atoms in total. The molecule has 2 aromatic carbocycles. The summed E-state index contributed by atoms with van der Waals surface area (Å²) >= 11 is 18.8. The van der Waals surface area contributed by atoms with E-state index < -0.39 is 0 Å². The molecule has 122 valence electrons. The van der Waals surface area contributed by atoms with Crippen LogP contribution in [0.15, 0.2) is 53.4 Å². The van der Waals surface area contributed by atoms with Crippen molar-refractivity contribution in [3.63, 3.8) is 0 Å². The van der Waals surface area contributed by atoms with Gasteiger partial charge in [-0.1, -0.05) is 83.6 Å². The van der Waals surface area contributed by atoms with Crippen LogP contribution in [0.25, 0.3) is 6.08 Å². The van der Waals surface area contributed by atoms with Crippen molar-refractivity contribution in [2.24, 2.45) is 0 Å². The average molecular weight is 394 g/mol. The molecular weight excluding hydrogens is 381 g/mol. The highest BCUT2D eigenvalue weighted by atomic mass is 35.5. The molecule has 1 amide bonds. The van der Waals surface area contributed by atoms with Crippen LogP contribution in [-0.4, -0.2) is 15.1 Å². The van der Waals surface area contributed by atoms with Gasteiger partial charge >= 0.3 is 0 Å². The molecule has 0 radical (unpaired) electrons. The first kappa shape index (κ1) is 17.5. The van der Waals surface area contributed by atoms with Gasteiger partial charge in [0.05, 0.1) is 10.9 Å². The first-order valence-electron chi connectivity index (χ1n) is 7.24. The molecule has 0 spiro atoms. The maximum Gasteiger partial charge on any atom is 0.266 e. The highest BCUT2D eigenvalue weighted by Crippen LogP contribution is 2.38. The van der Waals surface area contributed by atoms with Gasteiger partial charge in [0.15, 0.2) is 0 Å².